The molecule has 0 aliphatic heterocycles. The molecule has 0 aliphatic carbocycles. The lowest BCUT2D eigenvalue weighted by molar-refractivity contribution is -0.116. The second-order valence-electron chi connectivity index (χ2n) is 7.14. The predicted octanol–water partition coefficient (Wildman–Crippen LogP) is 6.86. The van der Waals surface area contributed by atoms with E-state index in [2.05, 4.69) is 17.6 Å². The lowest BCUT2D eigenvalue weighted by atomic mass is 10.1. The van der Waals surface area contributed by atoms with Crippen molar-refractivity contribution in [2.75, 3.05) is 10.6 Å². The minimum atomic E-state index is -0.114. The highest BCUT2D eigenvalue weighted by Crippen LogP contribution is 2.17. The van der Waals surface area contributed by atoms with Crippen molar-refractivity contribution in [1.82, 2.24) is 0 Å². The molecule has 0 unspecified atom stereocenters. The second kappa shape index (κ2) is 13.1. The van der Waals surface area contributed by atoms with Crippen LogP contribution in [0.2, 0.25) is 0 Å². The summed E-state index contributed by atoms with van der Waals surface area (Å²) in [6.07, 6.45) is 11.8. The lowest BCUT2D eigenvalue weighted by Gasteiger charge is -2.08. The zero-order valence-corrected chi connectivity index (χ0v) is 17.7. The van der Waals surface area contributed by atoms with Crippen LogP contribution >= 0.6 is 11.3 Å². The van der Waals surface area contributed by atoms with Crippen LogP contribution in [0.3, 0.4) is 0 Å². The van der Waals surface area contributed by atoms with Crippen molar-refractivity contribution >= 4 is 34.5 Å². The van der Waals surface area contributed by atoms with E-state index < -0.39 is 0 Å². The zero-order valence-electron chi connectivity index (χ0n) is 16.8. The molecule has 0 bridgehead atoms. The molecule has 2 rings (SSSR count). The molecule has 4 nitrogen and oxygen atoms in total. The van der Waals surface area contributed by atoms with Crippen LogP contribution in [0.1, 0.15) is 80.8 Å². The first-order valence-electron chi connectivity index (χ1n) is 10.4. The first kappa shape index (κ1) is 22.2. The highest BCUT2D eigenvalue weighted by molar-refractivity contribution is 7.12. The lowest BCUT2D eigenvalue weighted by Crippen LogP contribution is -2.12. The number of rotatable bonds is 13. The van der Waals surface area contributed by atoms with E-state index in [1.807, 2.05) is 23.6 Å². The predicted molar refractivity (Wildman–Crippen MR) is 119 cm³/mol. The van der Waals surface area contributed by atoms with Crippen molar-refractivity contribution in [3.63, 3.8) is 0 Å². The van der Waals surface area contributed by atoms with Gasteiger partial charge in [0.05, 0.1) is 4.88 Å². The third-order valence-electron chi connectivity index (χ3n) is 4.68. The molecular weight excluding hydrogens is 368 g/mol. The second-order valence-corrected chi connectivity index (χ2v) is 8.08. The number of benzene rings is 1. The van der Waals surface area contributed by atoms with E-state index in [1.54, 1.807) is 18.2 Å². The van der Waals surface area contributed by atoms with Crippen LogP contribution in [0.15, 0.2) is 41.8 Å². The monoisotopic (exact) mass is 400 g/mol. The molecule has 152 valence electrons. The molecular formula is C23H32N2O2S. The fraction of sp³-hybridized carbons (Fsp3) is 0.478. The summed E-state index contributed by atoms with van der Waals surface area (Å²) in [5, 5.41) is 7.66. The van der Waals surface area contributed by atoms with E-state index >= 15 is 0 Å². The van der Waals surface area contributed by atoms with Crippen LogP contribution in [0.4, 0.5) is 11.4 Å². The summed E-state index contributed by atoms with van der Waals surface area (Å²) >= 11 is 1.41. The van der Waals surface area contributed by atoms with Crippen LogP contribution in [0.25, 0.3) is 0 Å². The van der Waals surface area contributed by atoms with Gasteiger partial charge < -0.3 is 10.6 Å². The Labute approximate surface area is 172 Å². The van der Waals surface area contributed by atoms with Gasteiger partial charge in [-0.25, -0.2) is 0 Å². The number of carbonyl (C=O) groups is 2. The fourth-order valence-electron chi connectivity index (χ4n) is 3.06. The third kappa shape index (κ3) is 8.70. The van der Waals surface area contributed by atoms with Gasteiger partial charge in [-0.15, -0.1) is 11.3 Å². The van der Waals surface area contributed by atoms with Crippen LogP contribution in [0, 0.1) is 0 Å². The summed E-state index contributed by atoms with van der Waals surface area (Å²) in [6.45, 7) is 2.24. The quantitative estimate of drug-likeness (QED) is 0.361. The normalized spacial score (nSPS) is 10.6. The molecule has 0 spiro atoms. The molecule has 1 aromatic carbocycles. The maximum atomic E-state index is 12.1. The Morgan fingerprint density at radius 2 is 1.36 bits per heavy atom. The van der Waals surface area contributed by atoms with Crippen LogP contribution in [-0.4, -0.2) is 11.8 Å². The van der Waals surface area contributed by atoms with E-state index in [0.717, 1.165) is 24.2 Å². The molecule has 0 radical (unpaired) electrons. The number of amides is 2. The zero-order chi connectivity index (χ0) is 20.0. The van der Waals surface area contributed by atoms with E-state index in [0.29, 0.717) is 11.3 Å². The molecule has 1 aromatic heterocycles. The largest absolute Gasteiger partial charge is 0.326 e. The summed E-state index contributed by atoms with van der Waals surface area (Å²) in [6, 6.07) is 10.9. The number of hydrogen-bond donors (Lipinski definition) is 2. The Morgan fingerprint density at radius 1 is 0.786 bits per heavy atom. The van der Waals surface area contributed by atoms with Crippen LogP contribution in [0.5, 0.6) is 0 Å². The van der Waals surface area contributed by atoms with E-state index in [9.17, 15) is 9.59 Å². The van der Waals surface area contributed by atoms with Gasteiger partial charge in [-0.2, -0.15) is 0 Å². The van der Waals surface area contributed by atoms with Gasteiger partial charge >= 0.3 is 0 Å². The Balaban J connectivity index is 1.58. The minimum Gasteiger partial charge on any atom is -0.326 e. The standard InChI is InChI=1S/C23H32N2O2S/c1-2-3-4-5-6-7-8-9-10-13-22(26)24-19-14-16-20(17-15-19)25-23(27)21-12-11-18-28-21/h11-12,14-18H,2-10,13H2,1H3,(H,24,26)(H,25,27). The molecule has 0 saturated carbocycles. The average Bonchev–Trinajstić information content (AvgIpc) is 3.23. The number of carbonyl (C=O) groups excluding carboxylic acids is 2. The number of anilines is 2. The summed E-state index contributed by atoms with van der Waals surface area (Å²) in [4.78, 5) is 24.8. The topological polar surface area (TPSA) is 58.2 Å². The fourth-order valence-corrected chi connectivity index (χ4v) is 3.68. The van der Waals surface area contributed by atoms with Gasteiger partial charge in [0.2, 0.25) is 5.91 Å². The van der Waals surface area contributed by atoms with Crippen LogP contribution in [-0.2, 0) is 4.79 Å². The minimum absolute atomic E-state index is 0.0540. The molecule has 5 heteroatoms. The molecule has 2 aromatic rings. The number of hydrogen-bond acceptors (Lipinski definition) is 3. The summed E-state index contributed by atoms with van der Waals surface area (Å²) in [7, 11) is 0. The SMILES string of the molecule is CCCCCCCCCCCC(=O)Nc1ccc(NC(=O)c2cccs2)cc1. The Hall–Kier alpha value is -2.14. The molecule has 0 atom stereocenters. The number of unbranched alkanes of at least 4 members (excludes halogenated alkanes) is 8. The van der Waals surface area contributed by atoms with Gasteiger partial charge in [0.15, 0.2) is 0 Å². The van der Waals surface area contributed by atoms with Gasteiger partial charge in [0.25, 0.3) is 5.91 Å². The third-order valence-corrected chi connectivity index (χ3v) is 5.55. The molecule has 28 heavy (non-hydrogen) atoms. The van der Waals surface area contributed by atoms with Gasteiger partial charge in [-0.05, 0) is 42.1 Å². The van der Waals surface area contributed by atoms with Gasteiger partial charge in [-0.1, -0.05) is 64.4 Å². The number of thiophene rings is 1. The van der Waals surface area contributed by atoms with E-state index in [-0.39, 0.29) is 11.8 Å². The Morgan fingerprint density at radius 3 is 1.93 bits per heavy atom. The Bertz CT molecular complexity index is 696. The van der Waals surface area contributed by atoms with Crippen molar-refractivity contribution in [1.29, 1.82) is 0 Å². The van der Waals surface area contributed by atoms with Crippen molar-refractivity contribution in [2.45, 2.75) is 71.1 Å². The summed E-state index contributed by atoms with van der Waals surface area (Å²) in [5.74, 6) is -0.0598. The average molecular weight is 401 g/mol. The summed E-state index contributed by atoms with van der Waals surface area (Å²) < 4.78 is 0. The van der Waals surface area contributed by atoms with Gasteiger partial charge in [-0.3, -0.25) is 9.59 Å². The van der Waals surface area contributed by atoms with Gasteiger partial charge in [0.1, 0.15) is 0 Å². The maximum Gasteiger partial charge on any atom is 0.265 e. The highest BCUT2D eigenvalue weighted by Gasteiger charge is 2.07. The van der Waals surface area contributed by atoms with Gasteiger partial charge in [0, 0.05) is 17.8 Å². The summed E-state index contributed by atoms with van der Waals surface area (Å²) in [5.41, 5.74) is 1.48. The molecule has 0 fully saturated rings. The van der Waals surface area contributed by atoms with Crippen molar-refractivity contribution in [2.24, 2.45) is 0 Å². The van der Waals surface area contributed by atoms with Crippen molar-refractivity contribution in [3.8, 4) is 0 Å². The molecule has 2 N–H and O–H groups in total. The number of nitrogens with one attached hydrogen (secondary N) is 2. The van der Waals surface area contributed by atoms with E-state index in [1.165, 1.54) is 56.3 Å². The maximum absolute atomic E-state index is 12.1. The van der Waals surface area contributed by atoms with Crippen molar-refractivity contribution < 1.29 is 9.59 Å². The highest BCUT2D eigenvalue weighted by atomic mass is 32.1. The first-order chi connectivity index (χ1) is 13.7. The molecule has 0 aliphatic rings. The first-order valence-corrected chi connectivity index (χ1v) is 11.3. The molecule has 0 saturated heterocycles. The van der Waals surface area contributed by atoms with Crippen molar-refractivity contribution in [3.05, 3.63) is 46.7 Å². The van der Waals surface area contributed by atoms with E-state index in [4.69, 9.17) is 0 Å². The smallest absolute Gasteiger partial charge is 0.265 e. The molecule has 2 amide bonds. The van der Waals surface area contributed by atoms with Crippen LogP contribution < -0.4 is 10.6 Å². The Kier molecular flexibility index (Phi) is 10.4. The molecule has 1 heterocycles.